The first-order valence-electron chi connectivity index (χ1n) is 4.68. The van der Waals surface area contributed by atoms with Gasteiger partial charge in [-0.25, -0.2) is 0 Å². The average molecular weight is 296 g/mol. The van der Waals surface area contributed by atoms with Crippen molar-refractivity contribution in [3.63, 3.8) is 0 Å². The van der Waals surface area contributed by atoms with E-state index < -0.39 is 7.66 Å². The van der Waals surface area contributed by atoms with Gasteiger partial charge in [0, 0.05) is 29.6 Å². The van der Waals surface area contributed by atoms with E-state index in [1.807, 2.05) is 37.3 Å². The standard InChI is InChI=1S/C8H10N3O2P3.Na/c1-2-12-16(10-14-9-15-11-16)13-8-6-4-3-5-7-8;/h3-7H,2H2,1H3;. The molecule has 5 nitrogen and oxygen atoms in total. The molecule has 2 rings (SSSR count). The van der Waals surface area contributed by atoms with Gasteiger partial charge in [-0.05, 0) is 19.1 Å². The zero-order chi connectivity index (χ0) is 11.3. The smallest absolute Gasteiger partial charge is 0.405 e. The summed E-state index contributed by atoms with van der Waals surface area (Å²) in [7, 11) is -1.22. The first-order valence-corrected chi connectivity index (χ1v) is 7.81. The number of para-hydroxylation sites is 1. The third kappa shape index (κ3) is 4.54. The topological polar surface area (TPSA) is 55.5 Å². The molecule has 9 heteroatoms. The Morgan fingerprint density at radius 2 is 2.00 bits per heavy atom. The fraction of sp³-hybridized carbons (Fsp3) is 0.250. The van der Waals surface area contributed by atoms with E-state index in [2.05, 4.69) is 13.5 Å². The normalized spacial score (nSPS) is 23.4. The van der Waals surface area contributed by atoms with Gasteiger partial charge in [-0.15, -0.1) is 9.03 Å². The van der Waals surface area contributed by atoms with Crippen LogP contribution in [0.25, 0.3) is 0 Å². The first kappa shape index (κ1) is 15.5. The molecule has 0 aromatic heterocycles. The third-order valence-corrected chi connectivity index (χ3v) is 5.78. The third-order valence-electron chi connectivity index (χ3n) is 1.65. The number of benzene rings is 1. The summed E-state index contributed by atoms with van der Waals surface area (Å²) < 4.78 is 23.8. The Morgan fingerprint density at radius 3 is 2.59 bits per heavy atom. The van der Waals surface area contributed by atoms with E-state index in [9.17, 15) is 0 Å². The second-order valence-electron chi connectivity index (χ2n) is 2.76. The maximum Gasteiger partial charge on any atom is 0.405 e. The van der Waals surface area contributed by atoms with Crippen LogP contribution in [0.15, 0.2) is 43.9 Å². The van der Waals surface area contributed by atoms with Crippen molar-refractivity contribution in [1.29, 1.82) is 0 Å². The molecule has 85 valence electrons. The van der Waals surface area contributed by atoms with Crippen LogP contribution in [0.2, 0.25) is 0 Å². The molecule has 0 aliphatic carbocycles. The Balaban J connectivity index is 0.00000144. The fourth-order valence-electron chi connectivity index (χ4n) is 1.07. The van der Waals surface area contributed by atoms with Crippen LogP contribution in [0.5, 0.6) is 5.75 Å². The summed E-state index contributed by atoms with van der Waals surface area (Å²) in [6.45, 7) is 2.43. The molecule has 0 saturated carbocycles. The van der Waals surface area contributed by atoms with Gasteiger partial charge in [0.2, 0.25) is 0 Å². The maximum absolute atomic E-state index is 5.76. The van der Waals surface area contributed by atoms with Crippen molar-refractivity contribution >= 4 is 54.3 Å². The minimum Gasteiger partial charge on any atom is -0.422 e. The summed E-state index contributed by atoms with van der Waals surface area (Å²) in [4.78, 5) is 0. The molecule has 0 amide bonds. The second-order valence-corrected chi connectivity index (χ2v) is 6.69. The molecule has 0 saturated heterocycles. The van der Waals surface area contributed by atoms with Crippen LogP contribution in [0, 0.1) is 0 Å². The Kier molecular flexibility index (Phi) is 7.06. The van der Waals surface area contributed by atoms with Crippen molar-refractivity contribution in [3.8, 4) is 5.75 Å². The minimum atomic E-state index is -2.48. The number of hydrogen-bond acceptors (Lipinski definition) is 5. The summed E-state index contributed by atoms with van der Waals surface area (Å²) in [5.41, 5.74) is 0. The molecular weight excluding hydrogens is 286 g/mol. The quantitative estimate of drug-likeness (QED) is 0.593. The van der Waals surface area contributed by atoms with Crippen LogP contribution < -0.4 is 4.52 Å². The Morgan fingerprint density at radius 1 is 1.24 bits per heavy atom. The summed E-state index contributed by atoms with van der Waals surface area (Å²) in [5.74, 6) is 0.726. The van der Waals surface area contributed by atoms with Crippen molar-refractivity contribution in [1.82, 2.24) is 0 Å². The van der Waals surface area contributed by atoms with Crippen molar-refractivity contribution in [2.45, 2.75) is 6.92 Å². The van der Waals surface area contributed by atoms with Crippen molar-refractivity contribution in [3.05, 3.63) is 30.3 Å². The van der Waals surface area contributed by atoms with Gasteiger partial charge in [0.15, 0.2) is 17.0 Å². The molecule has 1 radical (unpaired) electrons. The number of hydrogen-bond donors (Lipinski definition) is 0. The van der Waals surface area contributed by atoms with Crippen molar-refractivity contribution < 1.29 is 9.05 Å². The zero-order valence-corrected chi connectivity index (χ0v) is 14.3. The summed E-state index contributed by atoms with van der Waals surface area (Å²) in [6, 6.07) is 9.47. The monoisotopic (exact) mass is 296 g/mol. The Hall–Kier alpha value is 0.410. The average Bonchev–Trinajstić information content (AvgIpc) is 2.31. The van der Waals surface area contributed by atoms with Crippen molar-refractivity contribution in [2.75, 3.05) is 6.61 Å². The molecular formula is C8H10N3NaO2P3. The van der Waals surface area contributed by atoms with Crippen LogP contribution in [0.3, 0.4) is 0 Å². The molecule has 1 unspecified atom stereocenters. The molecule has 17 heavy (non-hydrogen) atoms. The fourth-order valence-corrected chi connectivity index (χ4v) is 4.91. The molecule has 0 fully saturated rings. The van der Waals surface area contributed by atoms with Crippen LogP contribution in [-0.4, -0.2) is 36.2 Å². The van der Waals surface area contributed by atoms with E-state index in [1.165, 1.54) is 0 Å². The molecule has 0 N–H and O–H groups in total. The number of rotatable bonds is 4. The SMILES string of the molecule is CCOP1(Oc2ccccc2)=NP=NP=N1.[Na]. The van der Waals surface area contributed by atoms with Gasteiger partial charge in [-0.3, -0.25) is 4.52 Å². The van der Waals surface area contributed by atoms with Gasteiger partial charge in [0.25, 0.3) is 0 Å². The Labute approximate surface area is 126 Å². The van der Waals surface area contributed by atoms with E-state index in [4.69, 9.17) is 9.05 Å². The van der Waals surface area contributed by atoms with Gasteiger partial charge in [0.05, 0.1) is 6.61 Å². The Bertz CT molecular complexity index is 466. The van der Waals surface area contributed by atoms with E-state index >= 15 is 0 Å². The molecule has 1 aliphatic heterocycles. The molecule has 1 aliphatic rings. The van der Waals surface area contributed by atoms with E-state index in [1.54, 1.807) is 0 Å². The molecule has 0 bridgehead atoms. The molecule has 1 aromatic carbocycles. The predicted molar refractivity (Wildman–Crippen MR) is 72.5 cm³/mol. The second kappa shape index (κ2) is 7.76. The first-order chi connectivity index (χ1) is 7.85. The van der Waals surface area contributed by atoms with Crippen LogP contribution in [0.1, 0.15) is 6.92 Å². The van der Waals surface area contributed by atoms with E-state index in [0.29, 0.717) is 23.7 Å². The van der Waals surface area contributed by atoms with E-state index in [-0.39, 0.29) is 29.6 Å². The molecule has 1 aromatic rings. The minimum absolute atomic E-state index is 0. The number of nitrogens with zero attached hydrogens (tertiary/aromatic N) is 3. The summed E-state index contributed by atoms with van der Waals surface area (Å²) in [5, 5.41) is 0. The maximum atomic E-state index is 5.76. The van der Waals surface area contributed by atoms with Gasteiger partial charge in [0.1, 0.15) is 5.75 Å². The van der Waals surface area contributed by atoms with Gasteiger partial charge in [-0.1, -0.05) is 18.2 Å². The largest absolute Gasteiger partial charge is 0.422 e. The summed E-state index contributed by atoms with van der Waals surface area (Å²) in [6.07, 6.45) is 0. The van der Waals surface area contributed by atoms with Gasteiger partial charge < -0.3 is 4.52 Å². The molecule has 1 heterocycles. The van der Waals surface area contributed by atoms with Gasteiger partial charge >= 0.3 is 7.66 Å². The van der Waals surface area contributed by atoms with E-state index in [0.717, 1.165) is 5.75 Å². The summed E-state index contributed by atoms with van der Waals surface area (Å²) >= 11 is 0. The van der Waals surface area contributed by atoms with Gasteiger partial charge in [-0.2, -0.15) is 4.52 Å². The van der Waals surface area contributed by atoms with Crippen molar-refractivity contribution in [2.24, 2.45) is 13.5 Å². The van der Waals surface area contributed by atoms with Crippen LogP contribution in [-0.2, 0) is 4.52 Å². The predicted octanol–water partition coefficient (Wildman–Crippen LogP) is 4.77. The van der Waals surface area contributed by atoms with Crippen LogP contribution in [0.4, 0.5) is 0 Å². The zero-order valence-electron chi connectivity index (χ0n) is 9.59. The molecule has 0 spiro atoms. The molecule has 1 atom stereocenters. The van der Waals surface area contributed by atoms with Crippen LogP contribution >= 0.6 is 24.7 Å².